The maximum absolute atomic E-state index is 5.90. The van der Waals surface area contributed by atoms with Gasteiger partial charge in [0, 0.05) is 38.1 Å². The minimum absolute atomic E-state index is 0.444. The van der Waals surface area contributed by atoms with Gasteiger partial charge in [0.25, 0.3) is 0 Å². The van der Waals surface area contributed by atoms with Crippen molar-refractivity contribution in [1.82, 2.24) is 9.80 Å². The van der Waals surface area contributed by atoms with Gasteiger partial charge in [0.1, 0.15) is 0 Å². The highest BCUT2D eigenvalue weighted by molar-refractivity contribution is 4.93. The number of unbranched alkanes of at least 4 members (excludes halogenated alkanes) is 1. The molecule has 2 N–H and O–H groups in total. The molecule has 17 heavy (non-hydrogen) atoms. The lowest BCUT2D eigenvalue weighted by molar-refractivity contribution is 0.0166. The molecule has 0 radical (unpaired) electrons. The van der Waals surface area contributed by atoms with Crippen molar-refractivity contribution in [2.75, 3.05) is 59.5 Å². The minimum atomic E-state index is 0.444. The number of morpholine rings is 1. The zero-order valence-electron chi connectivity index (χ0n) is 11.2. The summed E-state index contributed by atoms with van der Waals surface area (Å²) in [6, 6.07) is 0. The molecule has 0 atom stereocenters. The third kappa shape index (κ3) is 3.65. The second-order valence-electron chi connectivity index (χ2n) is 5.79. The molecule has 2 aliphatic heterocycles. The van der Waals surface area contributed by atoms with Gasteiger partial charge >= 0.3 is 0 Å². The van der Waals surface area contributed by atoms with Gasteiger partial charge in [0.2, 0.25) is 0 Å². The van der Waals surface area contributed by atoms with Crippen LogP contribution in [-0.4, -0.2) is 69.3 Å². The van der Waals surface area contributed by atoms with E-state index >= 15 is 0 Å². The Hall–Kier alpha value is -0.160. The van der Waals surface area contributed by atoms with Crippen molar-refractivity contribution < 1.29 is 4.74 Å². The first kappa shape index (κ1) is 13.3. The molecule has 0 saturated carbocycles. The second-order valence-corrected chi connectivity index (χ2v) is 5.79. The molecule has 0 aromatic carbocycles. The van der Waals surface area contributed by atoms with Crippen molar-refractivity contribution in [3.8, 4) is 0 Å². The van der Waals surface area contributed by atoms with Gasteiger partial charge in [-0.25, -0.2) is 0 Å². The number of rotatable bonds is 6. The van der Waals surface area contributed by atoms with Crippen molar-refractivity contribution in [1.29, 1.82) is 0 Å². The van der Waals surface area contributed by atoms with E-state index in [-0.39, 0.29) is 0 Å². The van der Waals surface area contributed by atoms with Gasteiger partial charge in [0.15, 0.2) is 0 Å². The number of likely N-dealkylation sites (tertiary alicyclic amines) is 1. The summed E-state index contributed by atoms with van der Waals surface area (Å²) in [5.41, 5.74) is 6.35. The van der Waals surface area contributed by atoms with Crippen molar-refractivity contribution in [2.45, 2.75) is 19.3 Å². The molecule has 0 aromatic heterocycles. The molecular weight excluding hydrogens is 214 g/mol. The Morgan fingerprint density at radius 1 is 1.18 bits per heavy atom. The largest absolute Gasteiger partial charge is 0.379 e. The lowest BCUT2D eigenvalue weighted by atomic mass is 9.76. The van der Waals surface area contributed by atoms with E-state index in [1.807, 2.05) is 0 Å². The van der Waals surface area contributed by atoms with Gasteiger partial charge in [-0.2, -0.15) is 0 Å². The SMILES string of the molecule is CN1CC(CN)(CCCCN2CCOCC2)C1. The zero-order valence-corrected chi connectivity index (χ0v) is 11.2. The van der Waals surface area contributed by atoms with Crippen LogP contribution in [0.3, 0.4) is 0 Å². The van der Waals surface area contributed by atoms with Crippen LogP contribution < -0.4 is 5.73 Å². The molecule has 0 amide bonds. The molecule has 100 valence electrons. The molecule has 2 fully saturated rings. The summed E-state index contributed by atoms with van der Waals surface area (Å²) in [5.74, 6) is 0. The maximum Gasteiger partial charge on any atom is 0.0594 e. The molecule has 4 nitrogen and oxygen atoms in total. The van der Waals surface area contributed by atoms with Crippen LogP contribution in [0.5, 0.6) is 0 Å². The average molecular weight is 241 g/mol. The standard InChI is InChI=1S/C13H27N3O/c1-15-11-13(10-14,12-15)4-2-3-5-16-6-8-17-9-7-16/h2-12,14H2,1H3. The van der Waals surface area contributed by atoms with Crippen LogP contribution in [0.2, 0.25) is 0 Å². The summed E-state index contributed by atoms with van der Waals surface area (Å²) in [6.45, 7) is 8.54. The van der Waals surface area contributed by atoms with Crippen LogP contribution in [0.25, 0.3) is 0 Å². The van der Waals surface area contributed by atoms with Gasteiger partial charge in [-0.15, -0.1) is 0 Å². The predicted octanol–water partition coefficient (Wildman–Crippen LogP) is 0.379. The van der Waals surface area contributed by atoms with Gasteiger partial charge < -0.3 is 15.4 Å². The zero-order chi connectivity index (χ0) is 12.1. The first-order valence-corrected chi connectivity index (χ1v) is 6.93. The molecule has 2 aliphatic rings. The molecule has 0 unspecified atom stereocenters. The highest BCUT2D eigenvalue weighted by Crippen LogP contribution is 2.33. The van der Waals surface area contributed by atoms with Crippen LogP contribution >= 0.6 is 0 Å². The number of hydrogen-bond acceptors (Lipinski definition) is 4. The quantitative estimate of drug-likeness (QED) is 0.683. The van der Waals surface area contributed by atoms with Gasteiger partial charge in [-0.1, -0.05) is 6.42 Å². The van der Waals surface area contributed by atoms with E-state index in [0.717, 1.165) is 32.8 Å². The lowest BCUT2D eigenvalue weighted by Crippen LogP contribution is -2.57. The van der Waals surface area contributed by atoms with Crippen LogP contribution in [-0.2, 0) is 4.74 Å². The fraction of sp³-hybridized carbons (Fsp3) is 1.00. The van der Waals surface area contributed by atoms with E-state index in [1.54, 1.807) is 0 Å². The van der Waals surface area contributed by atoms with E-state index in [1.165, 1.54) is 38.9 Å². The third-order valence-electron chi connectivity index (χ3n) is 4.18. The Morgan fingerprint density at radius 2 is 1.88 bits per heavy atom. The molecular formula is C13H27N3O. The Kier molecular flexibility index (Phi) is 4.79. The van der Waals surface area contributed by atoms with Gasteiger partial charge in [0.05, 0.1) is 13.2 Å². The summed E-state index contributed by atoms with van der Waals surface area (Å²) in [5, 5.41) is 0. The first-order valence-electron chi connectivity index (χ1n) is 6.93. The first-order chi connectivity index (χ1) is 8.24. The number of ether oxygens (including phenoxy) is 1. The van der Waals surface area contributed by atoms with Gasteiger partial charge in [-0.05, 0) is 26.4 Å². The van der Waals surface area contributed by atoms with E-state index in [4.69, 9.17) is 10.5 Å². The summed E-state index contributed by atoms with van der Waals surface area (Å²) >= 11 is 0. The predicted molar refractivity (Wildman–Crippen MR) is 70.1 cm³/mol. The Labute approximate surface area is 105 Å². The van der Waals surface area contributed by atoms with E-state index in [2.05, 4.69) is 16.8 Å². The van der Waals surface area contributed by atoms with Crippen molar-refractivity contribution in [3.05, 3.63) is 0 Å². The highest BCUT2D eigenvalue weighted by Gasteiger charge is 2.38. The van der Waals surface area contributed by atoms with Crippen LogP contribution in [0, 0.1) is 5.41 Å². The Morgan fingerprint density at radius 3 is 2.47 bits per heavy atom. The Balaban J connectivity index is 1.56. The maximum atomic E-state index is 5.90. The fourth-order valence-electron chi connectivity index (χ4n) is 3.15. The minimum Gasteiger partial charge on any atom is -0.379 e. The molecule has 2 rings (SSSR count). The molecule has 2 heterocycles. The van der Waals surface area contributed by atoms with Crippen LogP contribution in [0.1, 0.15) is 19.3 Å². The van der Waals surface area contributed by atoms with Crippen LogP contribution in [0.4, 0.5) is 0 Å². The summed E-state index contributed by atoms with van der Waals surface area (Å²) in [7, 11) is 2.18. The topological polar surface area (TPSA) is 41.7 Å². The van der Waals surface area contributed by atoms with Crippen molar-refractivity contribution in [2.24, 2.45) is 11.1 Å². The summed E-state index contributed by atoms with van der Waals surface area (Å²) in [4.78, 5) is 4.89. The normalized spacial score (nSPS) is 25.8. The van der Waals surface area contributed by atoms with Crippen molar-refractivity contribution in [3.63, 3.8) is 0 Å². The lowest BCUT2D eigenvalue weighted by Gasteiger charge is -2.48. The van der Waals surface area contributed by atoms with E-state index in [9.17, 15) is 0 Å². The second kappa shape index (κ2) is 6.14. The van der Waals surface area contributed by atoms with E-state index < -0.39 is 0 Å². The fourth-order valence-corrected chi connectivity index (χ4v) is 3.15. The molecule has 4 heteroatoms. The molecule has 0 aliphatic carbocycles. The molecule has 0 aromatic rings. The summed E-state index contributed by atoms with van der Waals surface area (Å²) < 4.78 is 5.35. The monoisotopic (exact) mass is 241 g/mol. The van der Waals surface area contributed by atoms with E-state index in [0.29, 0.717) is 5.41 Å². The molecule has 0 spiro atoms. The molecule has 0 bridgehead atoms. The highest BCUT2D eigenvalue weighted by atomic mass is 16.5. The van der Waals surface area contributed by atoms with Crippen LogP contribution in [0.15, 0.2) is 0 Å². The molecule has 2 saturated heterocycles. The Bertz CT molecular complexity index is 223. The smallest absolute Gasteiger partial charge is 0.0594 e. The number of nitrogens with zero attached hydrogens (tertiary/aromatic N) is 2. The third-order valence-corrected chi connectivity index (χ3v) is 4.18. The summed E-state index contributed by atoms with van der Waals surface area (Å²) in [6.07, 6.45) is 3.94. The number of hydrogen-bond donors (Lipinski definition) is 1. The average Bonchev–Trinajstić information content (AvgIpc) is 2.33. The van der Waals surface area contributed by atoms with Crippen molar-refractivity contribution >= 4 is 0 Å². The van der Waals surface area contributed by atoms with Gasteiger partial charge in [-0.3, -0.25) is 4.90 Å². The number of nitrogens with two attached hydrogens (primary N) is 1.